The minimum absolute atomic E-state index is 0.198. The fraction of sp³-hybridized carbons (Fsp3) is 0.375. The second kappa shape index (κ2) is 5.59. The van der Waals surface area contributed by atoms with Gasteiger partial charge in [0.05, 0.1) is 12.3 Å². The minimum Gasteiger partial charge on any atom is -0.468 e. The van der Waals surface area contributed by atoms with Gasteiger partial charge in [-0.25, -0.2) is 0 Å². The zero-order valence-corrected chi connectivity index (χ0v) is 11.1. The maximum absolute atomic E-state index is 5.95. The monoisotopic (exact) mass is 256 g/mol. The van der Waals surface area contributed by atoms with Crippen molar-refractivity contribution in [2.45, 2.75) is 18.9 Å². The van der Waals surface area contributed by atoms with Gasteiger partial charge < -0.3 is 10.2 Å². The second-order valence-corrected chi connectivity index (χ2v) is 5.07. The lowest BCUT2D eigenvalue weighted by Crippen LogP contribution is -2.35. The molecule has 2 N–H and O–H groups in total. The van der Waals surface area contributed by atoms with Crippen LogP contribution in [0.5, 0.6) is 0 Å². The van der Waals surface area contributed by atoms with Crippen molar-refractivity contribution in [3.63, 3.8) is 0 Å². The Morgan fingerprint density at radius 3 is 2.26 bits per heavy atom. The highest BCUT2D eigenvalue weighted by Crippen LogP contribution is 2.24. The lowest BCUT2D eigenvalue weighted by Gasteiger charge is -2.27. The summed E-state index contributed by atoms with van der Waals surface area (Å²) >= 11 is 0. The van der Waals surface area contributed by atoms with Gasteiger partial charge in [-0.2, -0.15) is 0 Å². The summed E-state index contributed by atoms with van der Waals surface area (Å²) in [6.45, 7) is 2.68. The number of hydrogen-bond donors (Lipinski definition) is 1. The van der Waals surface area contributed by atoms with Gasteiger partial charge in [-0.05, 0) is 36.1 Å². The molecule has 3 nitrogen and oxygen atoms in total. The first kappa shape index (κ1) is 12.5. The number of hydrogen-bond acceptors (Lipinski definition) is 3. The molecule has 3 heteroatoms. The number of rotatable bonds is 3. The van der Waals surface area contributed by atoms with Gasteiger partial charge in [-0.3, -0.25) is 4.90 Å². The molecule has 0 spiro atoms. The molecule has 0 fully saturated rings. The summed E-state index contributed by atoms with van der Waals surface area (Å²) in [5.74, 6) is 0.980. The molecule has 1 aromatic carbocycles. The van der Waals surface area contributed by atoms with Crippen LogP contribution in [0.1, 0.15) is 22.9 Å². The summed E-state index contributed by atoms with van der Waals surface area (Å²) < 4.78 is 5.54. The summed E-state index contributed by atoms with van der Waals surface area (Å²) in [7, 11) is 0. The lowest BCUT2D eigenvalue weighted by molar-refractivity contribution is 0.187. The van der Waals surface area contributed by atoms with Gasteiger partial charge in [0.15, 0.2) is 0 Å². The van der Waals surface area contributed by atoms with E-state index in [2.05, 4.69) is 29.2 Å². The molecule has 3 rings (SSSR count). The molecule has 2 heterocycles. The predicted molar refractivity (Wildman–Crippen MR) is 75.9 cm³/mol. The first-order chi connectivity index (χ1) is 9.38. The van der Waals surface area contributed by atoms with E-state index in [4.69, 9.17) is 10.2 Å². The molecule has 0 aliphatic carbocycles. The molecule has 2 aromatic rings. The molecule has 1 aromatic heterocycles. The van der Waals surface area contributed by atoms with Crippen LogP contribution in [0.4, 0.5) is 0 Å². The zero-order chi connectivity index (χ0) is 13.1. The molecule has 19 heavy (non-hydrogen) atoms. The van der Waals surface area contributed by atoms with E-state index in [1.807, 2.05) is 12.1 Å². The summed E-state index contributed by atoms with van der Waals surface area (Å²) in [6.07, 6.45) is 3.91. The van der Waals surface area contributed by atoms with Crippen LogP contribution in [0, 0.1) is 0 Å². The molecule has 0 amide bonds. The van der Waals surface area contributed by atoms with E-state index in [1.54, 1.807) is 6.26 Å². The quantitative estimate of drug-likeness (QED) is 0.917. The molecule has 1 atom stereocenters. The average Bonchev–Trinajstić information content (AvgIpc) is 2.88. The first-order valence-electron chi connectivity index (χ1n) is 6.93. The smallest absolute Gasteiger partial charge is 0.122 e. The molecule has 1 aliphatic rings. The topological polar surface area (TPSA) is 42.4 Å². The first-order valence-corrected chi connectivity index (χ1v) is 6.93. The summed E-state index contributed by atoms with van der Waals surface area (Å²) in [4.78, 5) is 2.44. The van der Waals surface area contributed by atoms with Crippen molar-refractivity contribution in [2.75, 3.05) is 19.6 Å². The third-order valence-corrected chi connectivity index (χ3v) is 3.99. The maximum atomic E-state index is 5.95. The van der Waals surface area contributed by atoms with Gasteiger partial charge in [-0.15, -0.1) is 0 Å². The van der Waals surface area contributed by atoms with Crippen molar-refractivity contribution in [3.8, 4) is 0 Å². The van der Waals surface area contributed by atoms with Gasteiger partial charge >= 0.3 is 0 Å². The Bertz CT molecular complexity index is 494. The van der Waals surface area contributed by atoms with Crippen LogP contribution >= 0.6 is 0 Å². The minimum atomic E-state index is 0.198. The van der Waals surface area contributed by atoms with Crippen molar-refractivity contribution in [1.29, 1.82) is 0 Å². The van der Waals surface area contributed by atoms with Crippen LogP contribution in [0.25, 0.3) is 0 Å². The SMILES string of the molecule is NCC(c1ccco1)N1CCc2ccccc2CC1. The van der Waals surface area contributed by atoms with Gasteiger partial charge in [-0.1, -0.05) is 24.3 Å². The standard InChI is InChI=1S/C16H20N2O/c17-12-15(16-6-3-11-19-16)18-9-7-13-4-1-2-5-14(13)8-10-18/h1-6,11,15H,7-10,12,17H2. The van der Waals surface area contributed by atoms with E-state index in [1.165, 1.54) is 11.1 Å². The molecule has 0 bridgehead atoms. The highest BCUT2D eigenvalue weighted by atomic mass is 16.3. The Hall–Kier alpha value is -1.58. The summed E-state index contributed by atoms with van der Waals surface area (Å²) in [5.41, 5.74) is 8.89. The fourth-order valence-corrected chi connectivity index (χ4v) is 2.92. The van der Waals surface area contributed by atoms with Crippen molar-refractivity contribution < 1.29 is 4.42 Å². The third-order valence-electron chi connectivity index (χ3n) is 3.99. The van der Waals surface area contributed by atoms with Gasteiger partial charge in [0.2, 0.25) is 0 Å². The highest BCUT2D eigenvalue weighted by Gasteiger charge is 2.23. The van der Waals surface area contributed by atoms with E-state index < -0.39 is 0 Å². The van der Waals surface area contributed by atoms with Gasteiger partial charge in [0.25, 0.3) is 0 Å². The Balaban J connectivity index is 1.77. The van der Waals surface area contributed by atoms with E-state index in [9.17, 15) is 0 Å². The largest absolute Gasteiger partial charge is 0.468 e. The lowest BCUT2D eigenvalue weighted by atomic mass is 10.0. The van der Waals surface area contributed by atoms with Crippen LogP contribution in [0.3, 0.4) is 0 Å². The zero-order valence-electron chi connectivity index (χ0n) is 11.1. The molecule has 0 radical (unpaired) electrons. The third kappa shape index (κ3) is 2.57. The van der Waals surface area contributed by atoms with E-state index in [0.29, 0.717) is 6.54 Å². The number of furan rings is 1. The number of benzene rings is 1. The molecule has 0 saturated carbocycles. The Labute approximate surface area is 114 Å². The number of fused-ring (bicyclic) bond motifs is 1. The molecule has 100 valence electrons. The van der Waals surface area contributed by atoms with E-state index >= 15 is 0 Å². The highest BCUT2D eigenvalue weighted by molar-refractivity contribution is 5.28. The molecule has 1 aliphatic heterocycles. The molecular formula is C16H20N2O. The number of nitrogens with zero attached hydrogens (tertiary/aromatic N) is 1. The van der Waals surface area contributed by atoms with E-state index in [-0.39, 0.29) is 6.04 Å². The van der Waals surface area contributed by atoms with Crippen LogP contribution < -0.4 is 5.73 Å². The van der Waals surface area contributed by atoms with Gasteiger partial charge in [0.1, 0.15) is 5.76 Å². The normalized spacial score (nSPS) is 17.7. The second-order valence-electron chi connectivity index (χ2n) is 5.07. The van der Waals surface area contributed by atoms with Crippen LogP contribution in [0.15, 0.2) is 47.1 Å². The predicted octanol–water partition coefficient (Wildman–Crippen LogP) is 2.38. The van der Waals surface area contributed by atoms with Crippen molar-refractivity contribution in [1.82, 2.24) is 4.90 Å². The van der Waals surface area contributed by atoms with Crippen molar-refractivity contribution in [2.24, 2.45) is 5.73 Å². The van der Waals surface area contributed by atoms with E-state index in [0.717, 1.165) is 31.7 Å². The average molecular weight is 256 g/mol. The van der Waals surface area contributed by atoms with Crippen molar-refractivity contribution >= 4 is 0 Å². The van der Waals surface area contributed by atoms with Gasteiger partial charge in [0, 0.05) is 19.6 Å². The maximum Gasteiger partial charge on any atom is 0.122 e. The Kier molecular flexibility index (Phi) is 3.67. The number of nitrogens with two attached hydrogens (primary N) is 1. The van der Waals surface area contributed by atoms with Crippen LogP contribution in [-0.2, 0) is 12.8 Å². The fourth-order valence-electron chi connectivity index (χ4n) is 2.92. The van der Waals surface area contributed by atoms with Crippen LogP contribution in [0.2, 0.25) is 0 Å². The molecule has 0 saturated heterocycles. The summed E-state index contributed by atoms with van der Waals surface area (Å²) in [6, 6.07) is 12.9. The Morgan fingerprint density at radius 1 is 1.05 bits per heavy atom. The Morgan fingerprint density at radius 2 is 1.74 bits per heavy atom. The van der Waals surface area contributed by atoms with Crippen LogP contribution in [-0.4, -0.2) is 24.5 Å². The van der Waals surface area contributed by atoms with Crippen molar-refractivity contribution in [3.05, 3.63) is 59.5 Å². The molecular weight excluding hydrogens is 236 g/mol. The summed E-state index contributed by atoms with van der Waals surface area (Å²) in [5, 5.41) is 0. The molecule has 1 unspecified atom stereocenters.